The van der Waals surface area contributed by atoms with E-state index in [1.165, 1.54) is 51.9 Å². The molecule has 2 aromatic carbocycles. The first-order chi connectivity index (χ1) is 18.8. The van der Waals surface area contributed by atoms with E-state index in [-0.39, 0.29) is 0 Å². The summed E-state index contributed by atoms with van der Waals surface area (Å²) in [7, 11) is 0. The first-order valence-electron chi connectivity index (χ1n) is 14.0. The Bertz CT molecular complexity index is 1320. The Morgan fingerprint density at radius 2 is 1.53 bits per heavy atom. The molecular formula is C33H37N5. The zero-order valence-electron chi connectivity index (χ0n) is 22.0. The van der Waals surface area contributed by atoms with Gasteiger partial charge < -0.3 is 10.6 Å². The number of benzene rings is 2. The summed E-state index contributed by atoms with van der Waals surface area (Å²) >= 11 is 0. The lowest BCUT2D eigenvalue weighted by atomic mass is 9.89. The molecule has 2 aliphatic rings. The number of hydrogen-bond acceptors (Lipinski definition) is 5. The average Bonchev–Trinajstić information content (AvgIpc) is 2.98. The molecule has 0 bridgehead atoms. The summed E-state index contributed by atoms with van der Waals surface area (Å²) in [4.78, 5) is 11.7. The molecule has 1 aliphatic heterocycles. The number of aryl methyl sites for hydroxylation is 1. The second-order valence-electron chi connectivity index (χ2n) is 10.7. The summed E-state index contributed by atoms with van der Waals surface area (Å²) in [6.07, 6.45) is 10.3. The van der Waals surface area contributed by atoms with E-state index in [0.29, 0.717) is 12.1 Å². The Balaban J connectivity index is 1.16. The van der Waals surface area contributed by atoms with Gasteiger partial charge in [0.25, 0.3) is 0 Å². The third-order valence-electron chi connectivity index (χ3n) is 8.04. The Morgan fingerprint density at radius 1 is 0.789 bits per heavy atom. The summed E-state index contributed by atoms with van der Waals surface area (Å²) in [5, 5.41) is 7.37. The zero-order valence-corrected chi connectivity index (χ0v) is 22.0. The first-order valence-corrected chi connectivity index (χ1v) is 14.0. The topological polar surface area (TPSA) is 53.1 Å². The van der Waals surface area contributed by atoms with Gasteiger partial charge in [-0.05, 0) is 77.3 Å². The van der Waals surface area contributed by atoms with Gasteiger partial charge in [0.15, 0.2) is 0 Å². The Labute approximate surface area is 226 Å². The second kappa shape index (κ2) is 12.0. The maximum absolute atomic E-state index is 4.89. The molecule has 3 heterocycles. The van der Waals surface area contributed by atoms with Gasteiger partial charge in [-0.15, -0.1) is 0 Å². The number of rotatable bonds is 9. The molecule has 6 rings (SSSR count). The summed E-state index contributed by atoms with van der Waals surface area (Å²) in [5.74, 6) is 0. The third-order valence-corrected chi connectivity index (χ3v) is 8.04. The van der Waals surface area contributed by atoms with E-state index in [1.54, 1.807) is 0 Å². The van der Waals surface area contributed by atoms with E-state index in [0.717, 1.165) is 45.6 Å². The minimum Gasteiger partial charge on any atom is -0.309 e. The lowest BCUT2D eigenvalue weighted by Crippen LogP contribution is -2.46. The van der Waals surface area contributed by atoms with Crippen molar-refractivity contribution in [3.8, 4) is 0 Å². The Kier molecular flexibility index (Phi) is 7.87. The number of nitrogens with one attached hydrogen (secondary N) is 2. The normalized spacial score (nSPS) is 18.7. The molecule has 5 heteroatoms. The molecule has 2 N–H and O–H groups in total. The van der Waals surface area contributed by atoms with Gasteiger partial charge in [-0.3, -0.25) is 14.9 Å². The minimum absolute atomic E-state index is 0.362. The van der Waals surface area contributed by atoms with Crippen molar-refractivity contribution in [3.63, 3.8) is 0 Å². The maximum atomic E-state index is 4.89. The fourth-order valence-corrected chi connectivity index (χ4v) is 6.02. The molecule has 5 nitrogen and oxygen atoms in total. The van der Waals surface area contributed by atoms with Gasteiger partial charge in [-0.2, -0.15) is 0 Å². The monoisotopic (exact) mass is 503 g/mol. The smallest absolute Gasteiger partial charge is 0.0607 e. The summed E-state index contributed by atoms with van der Waals surface area (Å²) in [5.41, 5.74) is 9.56. The van der Waals surface area contributed by atoms with Crippen molar-refractivity contribution in [1.29, 1.82) is 0 Å². The highest BCUT2D eigenvalue weighted by molar-refractivity contribution is 5.31. The van der Waals surface area contributed by atoms with Crippen LogP contribution in [-0.2, 0) is 39.0 Å². The van der Waals surface area contributed by atoms with E-state index in [9.17, 15) is 0 Å². The molecule has 0 saturated heterocycles. The number of fused-ring (bicyclic) bond motifs is 2. The summed E-state index contributed by atoms with van der Waals surface area (Å²) in [6, 6.07) is 27.3. The van der Waals surface area contributed by atoms with Gasteiger partial charge in [-0.25, -0.2) is 0 Å². The van der Waals surface area contributed by atoms with Gasteiger partial charge >= 0.3 is 0 Å². The fourth-order valence-electron chi connectivity index (χ4n) is 6.02. The van der Waals surface area contributed by atoms with Crippen LogP contribution in [-0.4, -0.2) is 27.5 Å². The van der Waals surface area contributed by atoms with Crippen LogP contribution < -0.4 is 10.6 Å². The predicted molar refractivity (Wildman–Crippen MR) is 152 cm³/mol. The van der Waals surface area contributed by atoms with Crippen LogP contribution >= 0.6 is 0 Å². The van der Waals surface area contributed by atoms with Crippen molar-refractivity contribution < 1.29 is 0 Å². The minimum atomic E-state index is 0.362. The van der Waals surface area contributed by atoms with Crippen molar-refractivity contribution in [2.24, 2.45) is 0 Å². The Hall–Kier alpha value is -3.38. The second-order valence-corrected chi connectivity index (χ2v) is 10.7. The van der Waals surface area contributed by atoms with Crippen molar-refractivity contribution in [2.75, 3.05) is 6.54 Å². The van der Waals surface area contributed by atoms with E-state index >= 15 is 0 Å². The van der Waals surface area contributed by atoms with Gasteiger partial charge in [0.05, 0.1) is 11.7 Å². The standard InChI is InChI=1S/C33H37N5/c1-2-6-30-22-37-31(19-29(30)5-1)24-38(32-9-3-7-28-8-4-16-36-33(28)32)23-27-12-10-25(11-13-27)20-35-21-26-14-17-34-18-15-26/h1-2,4-6,8,10-18,31-32,35,37H,3,7,9,19-24H2. The summed E-state index contributed by atoms with van der Waals surface area (Å²) < 4.78 is 0. The molecular weight excluding hydrogens is 466 g/mol. The van der Waals surface area contributed by atoms with Gasteiger partial charge in [0, 0.05) is 57.4 Å². The van der Waals surface area contributed by atoms with Crippen molar-refractivity contribution >= 4 is 0 Å². The molecule has 0 amide bonds. The van der Waals surface area contributed by atoms with Crippen molar-refractivity contribution in [2.45, 2.75) is 63.9 Å². The highest BCUT2D eigenvalue weighted by Crippen LogP contribution is 2.34. The molecule has 4 aromatic rings. The van der Waals surface area contributed by atoms with Gasteiger partial charge in [0.2, 0.25) is 0 Å². The van der Waals surface area contributed by atoms with Crippen LogP contribution in [0.4, 0.5) is 0 Å². The number of nitrogens with zero attached hydrogens (tertiary/aromatic N) is 3. The molecule has 1 aliphatic carbocycles. The summed E-state index contributed by atoms with van der Waals surface area (Å²) in [6.45, 7) is 4.62. The third kappa shape index (κ3) is 6.02. The van der Waals surface area contributed by atoms with Crippen molar-refractivity contribution in [1.82, 2.24) is 25.5 Å². The Morgan fingerprint density at radius 3 is 2.37 bits per heavy atom. The maximum Gasteiger partial charge on any atom is 0.0607 e. The lowest BCUT2D eigenvalue weighted by Gasteiger charge is -2.38. The van der Waals surface area contributed by atoms with Crippen LogP contribution in [0.15, 0.2) is 91.4 Å². The van der Waals surface area contributed by atoms with Crippen LogP contribution in [0.3, 0.4) is 0 Å². The SMILES string of the molecule is c1ccc2c(c1)CNC(CN(Cc1ccc(CNCc3ccncc3)cc1)C1CCCc3cccnc31)C2. The fraction of sp³-hybridized carbons (Fsp3) is 0.333. The van der Waals surface area contributed by atoms with E-state index < -0.39 is 0 Å². The zero-order chi connectivity index (χ0) is 25.6. The molecule has 0 fully saturated rings. The van der Waals surface area contributed by atoms with Crippen molar-refractivity contribution in [3.05, 3.63) is 130 Å². The van der Waals surface area contributed by atoms with Crippen LogP contribution in [0, 0.1) is 0 Å². The van der Waals surface area contributed by atoms with Crippen LogP contribution in [0.5, 0.6) is 0 Å². The molecule has 2 aromatic heterocycles. The number of pyridine rings is 2. The average molecular weight is 504 g/mol. The van der Waals surface area contributed by atoms with E-state index in [2.05, 4.69) is 93.3 Å². The molecule has 0 radical (unpaired) electrons. The van der Waals surface area contributed by atoms with E-state index in [4.69, 9.17) is 4.98 Å². The largest absolute Gasteiger partial charge is 0.309 e. The molecule has 2 atom stereocenters. The molecule has 194 valence electrons. The van der Waals surface area contributed by atoms with Crippen LogP contribution in [0.25, 0.3) is 0 Å². The predicted octanol–water partition coefficient (Wildman–Crippen LogP) is 5.36. The molecule has 0 spiro atoms. The first kappa shape index (κ1) is 24.9. The lowest BCUT2D eigenvalue weighted by molar-refractivity contribution is 0.145. The highest BCUT2D eigenvalue weighted by Gasteiger charge is 2.30. The van der Waals surface area contributed by atoms with Gasteiger partial charge in [-0.1, -0.05) is 54.6 Å². The van der Waals surface area contributed by atoms with Gasteiger partial charge in [0.1, 0.15) is 0 Å². The number of aromatic nitrogens is 2. The number of hydrogen-bond donors (Lipinski definition) is 2. The van der Waals surface area contributed by atoms with E-state index in [1.807, 2.05) is 18.6 Å². The van der Waals surface area contributed by atoms with Crippen LogP contribution in [0.1, 0.15) is 58.0 Å². The highest BCUT2D eigenvalue weighted by atomic mass is 15.2. The molecule has 2 unspecified atom stereocenters. The molecule has 38 heavy (non-hydrogen) atoms. The molecule has 0 saturated carbocycles. The quantitative estimate of drug-likeness (QED) is 0.322. The van der Waals surface area contributed by atoms with Crippen LogP contribution in [0.2, 0.25) is 0 Å².